The lowest BCUT2D eigenvalue weighted by Crippen LogP contribution is -3.00. The molecule has 0 bridgehead atoms. The van der Waals surface area contributed by atoms with Crippen molar-refractivity contribution in [3.63, 3.8) is 0 Å². The molecular formula is C14H22INO3S. The van der Waals surface area contributed by atoms with E-state index in [1.807, 2.05) is 0 Å². The molecular weight excluding hydrogens is 389 g/mol. The largest absolute Gasteiger partial charge is 1.00 e. The number of methoxy groups -OCH3 is 2. The van der Waals surface area contributed by atoms with Crippen LogP contribution in [0, 0.1) is 0 Å². The van der Waals surface area contributed by atoms with Crippen molar-refractivity contribution in [2.45, 2.75) is 0 Å². The summed E-state index contributed by atoms with van der Waals surface area (Å²) >= 11 is 1.32. The van der Waals surface area contributed by atoms with Gasteiger partial charge in [-0.2, -0.15) is 0 Å². The maximum absolute atomic E-state index is 12.1. The van der Waals surface area contributed by atoms with Crippen LogP contribution in [0.3, 0.4) is 0 Å². The first-order valence-corrected chi connectivity index (χ1v) is 7.05. The number of hydrogen-bond acceptors (Lipinski definition) is 4. The van der Waals surface area contributed by atoms with E-state index in [1.165, 1.54) is 11.8 Å². The van der Waals surface area contributed by atoms with Crippen LogP contribution in [0.5, 0.6) is 11.5 Å². The molecule has 0 saturated heterocycles. The number of carbonyl (C=O) groups excluding carboxylic acids is 1. The van der Waals surface area contributed by atoms with Crippen molar-refractivity contribution in [1.82, 2.24) is 0 Å². The molecule has 0 heterocycles. The third kappa shape index (κ3) is 6.32. The molecule has 0 radical (unpaired) electrons. The van der Waals surface area contributed by atoms with Crippen molar-refractivity contribution >= 4 is 16.9 Å². The molecule has 1 aromatic carbocycles. The van der Waals surface area contributed by atoms with E-state index in [0.29, 0.717) is 17.1 Å². The zero-order valence-electron chi connectivity index (χ0n) is 12.6. The lowest BCUT2D eigenvalue weighted by molar-refractivity contribution is -0.867. The number of halogens is 1. The summed E-state index contributed by atoms with van der Waals surface area (Å²) in [5.74, 6) is 2.03. The van der Waals surface area contributed by atoms with Crippen molar-refractivity contribution in [3.05, 3.63) is 23.8 Å². The first-order chi connectivity index (χ1) is 8.87. The molecule has 6 heteroatoms. The van der Waals surface area contributed by atoms with Crippen LogP contribution in [0.15, 0.2) is 18.2 Å². The van der Waals surface area contributed by atoms with Gasteiger partial charge in [0, 0.05) is 6.07 Å². The van der Waals surface area contributed by atoms with E-state index in [1.54, 1.807) is 32.4 Å². The van der Waals surface area contributed by atoms with Crippen molar-refractivity contribution in [3.8, 4) is 11.5 Å². The molecule has 0 amide bonds. The Morgan fingerprint density at radius 2 is 1.85 bits per heavy atom. The molecule has 0 atom stereocenters. The van der Waals surface area contributed by atoms with Gasteiger partial charge in [-0.1, -0.05) is 11.8 Å². The van der Waals surface area contributed by atoms with Crippen LogP contribution in [0.25, 0.3) is 0 Å². The molecule has 0 spiro atoms. The summed E-state index contributed by atoms with van der Waals surface area (Å²) in [6.07, 6.45) is 0. The van der Waals surface area contributed by atoms with E-state index in [0.717, 1.165) is 16.8 Å². The van der Waals surface area contributed by atoms with Crippen LogP contribution in [0.1, 0.15) is 10.4 Å². The second-order valence-corrected chi connectivity index (χ2v) is 6.28. The zero-order chi connectivity index (χ0) is 14.5. The van der Waals surface area contributed by atoms with Gasteiger partial charge in [0.2, 0.25) is 5.12 Å². The number of nitrogens with zero attached hydrogens (tertiary/aromatic N) is 1. The van der Waals surface area contributed by atoms with Gasteiger partial charge in [0.1, 0.15) is 11.5 Å². The Balaban J connectivity index is 0.00000361. The normalized spacial score (nSPS) is 10.7. The molecule has 4 nitrogen and oxygen atoms in total. The molecule has 0 aliphatic carbocycles. The minimum absolute atomic E-state index is 0. The summed E-state index contributed by atoms with van der Waals surface area (Å²) in [5, 5.41) is 0.0351. The fraction of sp³-hybridized carbons (Fsp3) is 0.500. The minimum Gasteiger partial charge on any atom is -1.00 e. The summed E-state index contributed by atoms with van der Waals surface area (Å²) in [4.78, 5) is 12.1. The predicted molar refractivity (Wildman–Crippen MR) is 79.2 cm³/mol. The molecule has 1 rings (SSSR count). The van der Waals surface area contributed by atoms with Crippen LogP contribution >= 0.6 is 11.8 Å². The summed E-state index contributed by atoms with van der Waals surface area (Å²) in [7, 11) is 9.48. The van der Waals surface area contributed by atoms with E-state index in [9.17, 15) is 4.79 Å². The molecule has 114 valence electrons. The van der Waals surface area contributed by atoms with Crippen LogP contribution in [0.4, 0.5) is 0 Å². The first kappa shape index (κ1) is 19.5. The average molecular weight is 411 g/mol. The van der Waals surface area contributed by atoms with E-state index >= 15 is 0 Å². The predicted octanol–water partition coefficient (Wildman–Crippen LogP) is -0.713. The molecule has 0 aliphatic rings. The van der Waals surface area contributed by atoms with Crippen LogP contribution in [-0.4, -0.2) is 57.3 Å². The Kier molecular flexibility index (Phi) is 8.53. The molecule has 0 fully saturated rings. The highest BCUT2D eigenvalue weighted by Gasteiger charge is 2.15. The van der Waals surface area contributed by atoms with Gasteiger partial charge < -0.3 is 37.9 Å². The van der Waals surface area contributed by atoms with Crippen molar-refractivity contribution in [2.24, 2.45) is 0 Å². The number of benzene rings is 1. The van der Waals surface area contributed by atoms with Crippen LogP contribution < -0.4 is 33.5 Å². The Morgan fingerprint density at radius 3 is 2.35 bits per heavy atom. The average Bonchev–Trinajstić information content (AvgIpc) is 2.36. The van der Waals surface area contributed by atoms with Gasteiger partial charge in [-0.05, 0) is 12.1 Å². The van der Waals surface area contributed by atoms with Gasteiger partial charge in [0.05, 0.1) is 53.2 Å². The Labute approximate surface area is 142 Å². The molecule has 20 heavy (non-hydrogen) atoms. The minimum atomic E-state index is 0. The fourth-order valence-electron chi connectivity index (χ4n) is 1.46. The van der Waals surface area contributed by atoms with Gasteiger partial charge in [-0.3, -0.25) is 4.79 Å². The Morgan fingerprint density at radius 1 is 1.20 bits per heavy atom. The summed E-state index contributed by atoms with van der Waals surface area (Å²) in [6.45, 7) is 0.939. The quantitative estimate of drug-likeness (QED) is 0.458. The highest BCUT2D eigenvalue weighted by molar-refractivity contribution is 8.14. The highest BCUT2D eigenvalue weighted by atomic mass is 127. The maximum Gasteiger partial charge on any atom is 0.223 e. The highest BCUT2D eigenvalue weighted by Crippen LogP contribution is 2.27. The van der Waals surface area contributed by atoms with Crippen molar-refractivity contribution in [1.29, 1.82) is 0 Å². The van der Waals surface area contributed by atoms with E-state index < -0.39 is 0 Å². The number of ether oxygens (including phenoxy) is 2. The molecule has 1 aromatic rings. The Hall–Kier alpha value is -0.470. The van der Waals surface area contributed by atoms with Gasteiger partial charge in [0.15, 0.2) is 0 Å². The molecule has 0 aliphatic heterocycles. The van der Waals surface area contributed by atoms with E-state index in [4.69, 9.17) is 9.47 Å². The van der Waals surface area contributed by atoms with Gasteiger partial charge in [-0.15, -0.1) is 0 Å². The van der Waals surface area contributed by atoms with E-state index in [-0.39, 0.29) is 29.1 Å². The number of hydrogen-bond donors (Lipinski definition) is 0. The molecule has 0 saturated carbocycles. The SMILES string of the molecule is COc1ccc(C(=O)SCC[N+](C)(C)C)c(OC)c1.[I-]. The van der Waals surface area contributed by atoms with Gasteiger partial charge >= 0.3 is 0 Å². The Bertz CT molecular complexity index is 447. The maximum atomic E-state index is 12.1. The summed E-state index contributed by atoms with van der Waals surface area (Å²) < 4.78 is 11.2. The van der Waals surface area contributed by atoms with Crippen LogP contribution in [-0.2, 0) is 0 Å². The third-order valence-corrected chi connectivity index (χ3v) is 3.49. The van der Waals surface area contributed by atoms with Crippen LogP contribution in [0.2, 0.25) is 0 Å². The number of quaternary nitrogens is 1. The van der Waals surface area contributed by atoms with Crippen molar-refractivity contribution in [2.75, 3.05) is 47.7 Å². The monoisotopic (exact) mass is 411 g/mol. The topological polar surface area (TPSA) is 35.5 Å². The molecule has 0 unspecified atom stereocenters. The second kappa shape index (κ2) is 8.74. The number of thioether (sulfide) groups is 1. The zero-order valence-corrected chi connectivity index (χ0v) is 15.6. The lowest BCUT2D eigenvalue weighted by atomic mass is 10.2. The van der Waals surface area contributed by atoms with Crippen molar-refractivity contribution < 1.29 is 42.7 Å². The number of rotatable bonds is 6. The smallest absolute Gasteiger partial charge is 0.223 e. The molecule has 0 aromatic heterocycles. The second-order valence-electron chi connectivity index (χ2n) is 5.22. The summed E-state index contributed by atoms with van der Waals surface area (Å²) in [6, 6.07) is 5.25. The third-order valence-electron chi connectivity index (χ3n) is 2.62. The standard InChI is InChI=1S/C14H22NO3S.HI/c1-15(2,3)8-9-19-14(16)12-7-6-11(17-4)10-13(12)18-5;/h6-7,10H,8-9H2,1-5H3;1H/q+1;/p-1. The lowest BCUT2D eigenvalue weighted by Gasteiger charge is -2.23. The van der Waals surface area contributed by atoms with Gasteiger partial charge in [-0.25, -0.2) is 0 Å². The van der Waals surface area contributed by atoms with E-state index in [2.05, 4.69) is 21.1 Å². The molecule has 0 N–H and O–H groups in total. The fourth-order valence-corrected chi connectivity index (χ4v) is 2.61. The first-order valence-electron chi connectivity index (χ1n) is 6.07. The summed E-state index contributed by atoms with van der Waals surface area (Å²) in [5.41, 5.74) is 0.592. The number of carbonyl (C=O) groups is 1. The van der Waals surface area contributed by atoms with Gasteiger partial charge in [0.25, 0.3) is 0 Å².